The van der Waals surface area contributed by atoms with Crippen LogP contribution < -0.4 is 5.32 Å². The van der Waals surface area contributed by atoms with Crippen LogP contribution in [0.2, 0.25) is 0 Å². The first-order chi connectivity index (χ1) is 7.90. The quantitative estimate of drug-likeness (QED) is 0.667. The molecule has 0 bridgehead atoms. The lowest BCUT2D eigenvalue weighted by molar-refractivity contribution is 0.134. The largest absolute Gasteiger partial charge is 0.315 e. The highest BCUT2D eigenvalue weighted by Gasteiger charge is 2.21. The molecular formula is C15H34N2. The van der Waals surface area contributed by atoms with Crippen LogP contribution in [0.1, 0.15) is 54.4 Å². The summed E-state index contributed by atoms with van der Waals surface area (Å²) in [7, 11) is 2.28. The van der Waals surface area contributed by atoms with Gasteiger partial charge in [0.25, 0.3) is 0 Å². The third kappa shape index (κ3) is 7.05. The number of likely N-dealkylation sites (N-methyl/N-ethyl adjacent to an activating group) is 1. The summed E-state index contributed by atoms with van der Waals surface area (Å²) in [5.41, 5.74) is 0. The summed E-state index contributed by atoms with van der Waals surface area (Å²) in [5.74, 6) is 1.44. The summed E-state index contributed by atoms with van der Waals surface area (Å²) in [6, 6.07) is 1.34. The molecule has 0 aromatic heterocycles. The van der Waals surface area contributed by atoms with Crippen molar-refractivity contribution >= 4 is 0 Å². The molecule has 1 N–H and O–H groups in total. The average molecular weight is 242 g/mol. The molecule has 0 aromatic rings. The van der Waals surface area contributed by atoms with Crippen molar-refractivity contribution in [2.75, 3.05) is 20.1 Å². The number of hydrogen-bond donors (Lipinski definition) is 1. The van der Waals surface area contributed by atoms with E-state index in [0.29, 0.717) is 18.0 Å². The summed E-state index contributed by atoms with van der Waals surface area (Å²) in [6.07, 6.45) is 2.57. The molecule has 0 aliphatic heterocycles. The number of hydrogen-bond acceptors (Lipinski definition) is 2. The maximum absolute atomic E-state index is 3.60. The van der Waals surface area contributed by atoms with Crippen molar-refractivity contribution in [3.63, 3.8) is 0 Å². The van der Waals surface area contributed by atoms with Gasteiger partial charge in [0.1, 0.15) is 0 Å². The molecule has 0 heterocycles. The Labute approximate surface area is 109 Å². The number of nitrogens with one attached hydrogen (secondary N) is 1. The second kappa shape index (κ2) is 8.93. The van der Waals surface area contributed by atoms with Crippen LogP contribution in [-0.2, 0) is 0 Å². The first-order valence-corrected chi connectivity index (χ1v) is 7.32. The van der Waals surface area contributed by atoms with Crippen LogP contribution in [0.4, 0.5) is 0 Å². The van der Waals surface area contributed by atoms with E-state index in [4.69, 9.17) is 0 Å². The minimum Gasteiger partial charge on any atom is -0.315 e. The Morgan fingerprint density at radius 1 is 1.00 bits per heavy atom. The molecule has 0 aliphatic rings. The maximum atomic E-state index is 3.60. The van der Waals surface area contributed by atoms with Crippen molar-refractivity contribution in [2.24, 2.45) is 11.8 Å². The lowest BCUT2D eigenvalue weighted by atomic mass is 10.00. The van der Waals surface area contributed by atoms with Crippen molar-refractivity contribution in [3.8, 4) is 0 Å². The first kappa shape index (κ1) is 16.9. The molecule has 0 amide bonds. The van der Waals surface area contributed by atoms with E-state index in [1.807, 2.05) is 0 Å². The predicted molar refractivity (Wildman–Crippen MR) is 78.5 cm³/mol. The van der Waals surface area contributed by atoms with E-state index in [9.17, 15) is 0 Å². The molecule has 17 heavy (non-hydrogen) atoms. The Balaban J connectivity index is 4.21. The standard InChI is InChI=1S/C15H34N2/c1-8-9-14(6)17(7)15(13(4)5)11-16-10-12(2)3/h12-16H,8-11H2,1-7H3. The highest BCUT2D eigenvalue weighted by atomic mass is 15.2. The summed E-state index contributed by atoms with van der Waals surface area (Å²) in [4.78, 5) is 2.56. The van der Waals surface area contributed by atoms with Crippen LogP contribution in [0.15, 0.2) is 0 Å². The van der Waals surface area contributed by atoms with Crippen LogP contribution in [0.3, 0.4) is 0 Å². The van der Waals surface area contributed by atoms with Crippen LogP contribution >= 0.6 is 0 Å². The van der Waals surface area contributed by atoms with E-state index in [1.54, 1.807) is 0 Å². The van der Waals surface area contributed by atoms with Crippen LogP contribution in [0.25, 0.3) is 0 Å². The van der Waals surface area contributed by atoms with E-state index in [-0.39, 0.29) is 0 Å². The molecule has 0 fully saturated rings. The third-order valence-corrected chi connectivity index (χ3v) is 3.60. The topological polar surface area (TPSA) is 15.3 Å². The summed E-state index contributed by atoms with van der Waals surface area (Å²) in [6.45, 7) is 16.0. The van der Waals surface area contributed by atoms with Crippen molar-refractivity contribution in [1.29, 1.82) is 0 Å². The Morgan fingerprint density at radius 2 is 1.59 bits per heavy atom. The summed E-state index contributed by atoms with van der Waals surface area (Å²) in [5, 5.41) is 3.60. The minimum absolute atomic E-state index is 0.648. The van der Waals surface area contributed by atoms with Gasteiger partial charge in [0, 0.05) is 18.6 Å². The zero-order valence-electron chi connectivity index (χ0n) is 13.1. The molecule has 0 saturated carbocycles. The Hall–Kier alpha value is -0.0800. The van der Waals surface area contributed by atoms with Gasteiger partial charge in [0.15, 0.2) is 0 Å². The maximum Gasteiger partial charge on any atom is 0.0243 e. The van der Waals surface area contributed by atoms with E-state index < -0.39 is 0 Å². The smallest absolute Gasteiger partial charge is 0.0243 e. The molecule has 0 aromatic carbocycles. The Morgan fingerprint density at radius 3 is 2.00 bits per heavy atom. The molecule has 0 spiro atoms. The SMILES string of the molecule is CCCC(C)N(C)C(CNCC(C)C)C(C)C. The van der Waals surface area contributed by atoms with Crippen LogP contribution in [0.5, 0.6) is 0 Å². The summed E-state index contributed by atoms with van der Waals surface area (Å²) < 4.78 is 0. The lowest BCUT2D eigenvalue weighted by Gasteiger charge is -2.36. The van der Waals surface area contributed by atoms with Crippen molar-refractivity contribution in [1.82, 2.24) is 10.2 Å². The normalized spacial score (nSPS) is 15.9. The third-order valence-electron chi connectivity index (χ3n) is 3.60. The van der Waals surface area contributed by atoms with Gasteiger partial charge < -0.3 is 5.32 Å². The molecule has 2 unspecified atom stereocenters. The zero-order chi connectivity index (χ0) is 13.4. The first-order valence-electron chi connectivity index (χ1n) is 7.32. The molecule has 104 valence electrons. The van der Waals surface area contributed by atoms with Gasteiger partial charge in [-0.05, 0) is 38.8 Å². The monoisotopic (exact) mass is 242 g/mol. The second-order valence-corrected chi connectivity index (χ2v) is 6.17. The van der Waals surface area contributed by atoms with E-state index in [0.717, 1.165) is 19.0 Å². The number of rotatable bonds is 9. The highest BCUT2D eigenvalue weighted by molar-refractivity contribution is 4.78. The van der Waals surface area contributed by atoms with Gasteiger partial charge in [-0.25, -0.2) is 0 Å². The van der Waals surface area contributed by atoms with E-state index in [1.165, 1.54) is 12.8 Å². The van der Waals surface area contributed by atoms with E-state index in [2.05, 4.69) is 58.8 Å². The molecule has 0 rings (SSSR count). The van der Waals surface area contributed by atoms with Gasteiger partial charge in [-0.2, -0.15) is 0 Å². The fourth-order valence-corrected chi connectivity index (χ4v) is 2.32. The zero-order valence-corrected chi connectivity index (χ0v) is 13.1. The lowest BCUT2D eigenvalue weighted by Crippen LogP contribution is -2.47. The van der Waals surface area contributed by atoms with Crippen molar-refractivity contribution in [3.05, 3.63) is 0 Å². The molecule has 2 atom stereocenters. The highest BCUT2D eigenvalue weighted by Crippen LogP contribution is 2.14. The van der Waals surface area contributed by atoms with E-state index >= 15 is 0 Å². The van der Waals surface area contributed by atoms with Gasteiger partial charge in [0.05, 0.1) is 0 Å². The Bertz CT molecular complexity index is 178. The molecule has 0 radical (unpaired) electrons. The van der Waals surface area contributed by atoms with Gasteiger partial charge in [0.2, 0.25) is 0 Å². The van der Waals surface area contributed by atoms with Crippen LogP contribution in [0, 0.1) is 11.8 Å². The summed E-state index contributed by atoms with van der Waals surface area (Å²) >= 11 is 0. The molecule has 2 heteroatoms. The average Bonchev–Trinajstić information content (AvgIpc) is 2.23. The second-order valence-electron chi connectivity index (χ2n) is 6.17. The van der Waals surface area contributed by atoms with Crippen molar-refractivity contribution in [2.45, 2.75) is 66.5 Å². The fourth-order valence-electron chi connectivity index (χ4n) is 2.32. The van der Waals surface area contributed by atoms with Crippen LogP contribution in [-0.4, -0.2) is 37.1 Å². The van der Waals surface area contributed by atoms with Gasteiger partial charge >= 0.3 is 0 Å². The Kier molecular flexibility index (Phi) is 8.89. The van der Waals surface area contributed by atoms with Gasteiger partial charge in [-0.15, -0.1) is 0 Å². The van der Waals surface area contributed by atoms with Crippen molar-refractivity contribution < 1.29 is 0 Å². The van der Waals surface area contributed by atoms with Gasteiger partial charge in [-0.3, -0.25) is 4.90 Å². The number of nitrogens with zero attached hydrogens (tertiary/aromatic N) is 1. The molecular weight excluding hydrogens is 208 g/mol. The fraction of sp³-hybridized carbons (Fsp3) is 1.00. The van der Waals surface area contributed by atoms with Gasteiger partial charge in [-0.1, -0.05) is 41.0 Å². The molecule has 0 saturated heterocycles. The molecule has 0 aliphatic carbocycles. The predicted octanol–water partition coefficient (Wildman–Crippen LogP) is 3.38. The molecule has 2 nitrogen and oxygen atoms in total. The minimum atomic E-state index is 0.648.